The van der Waals surface area contributed by atoms with Crippen LogP contribution in [0.25, 0.3) is 0 Å². The van der Waals surface area contributed by atoms with Gasteiger partial charge in [0, 0.05) is 25.9 Å². The first kappa shape index (κ1) is 15.2. The fourth-order valence-corrected chi connectivity index (χ4v) is 3.28. The Labute approximate surface area is 120 Å². The van der Waals surface area contributed by atoms with Gasteiger partial charge in [0.05, 0.1) is 6.61 Å². The molecule has 0 aliphatic carbocycles. The fourth-order valence-electron chi connectivity index (χ4n) is 2.03. The normalized spacial score (nSPS) is 19.1. The number of hydrogen-bond acceptors (Lipinski definition) is 5. The van der Waals surface area contributed by atoms with E-state index < -0.39 is 10.0 Å². The first-order valence-corrected chi connectivity index (χ1v) is 8.38. The molecule has 1 aliphatic heterocycles. The number of nitrogens with one attached hydrogen (secondary N) is 2. The Morgan fingerprint density at radius 3 is 3.05 bits per heavy atom. The lowest BCUT2D eigenvalue weighted by Crippen LogP contribution is -2.30. The molecule has 2 N–H and O–H groups in total. The second kappa shape index (κ2) is 7.01. The zero-order valence-corrected chi connectivity index (χ0v) is 12.4. The van der Waals surface area contributed by atoms with Crippen molar-refractivity contribution in [3.8, 4) is 0 Å². The van der Waals surface area contributed by atoms with Crippen LogP contribution in [0.15, 0.2) is 23.2 Å². The molecule has 1 aromatic heterocycles. The molecule has 112 valence electrons. The third kappa shape index (κ3) is 3.91. The summed E-state index contributed by atoms with van der Waals surface area (Å²) >= 11 is 0. The van der Waals surface area contributed by atoms with Gasteiger partial charge in [-0.25, -0.2) is 18.1 Å². The van der Waals surface area contributed by atoms with Crippen molar-refractivity contribution in [3.05, 3.63) is 18.3 Å². The van der Waals surface area contributed by atoms with Gasteiger partial charge < -0.3 is 10.1 Å². The van der Waals surface area contributed by atoms with E-state index in [4.69, 9.17) is 4.74 Å². The number of rotatable bonds is 7. The predicted octanol–water partition coefficient (Wildman–Crippen LogP) is 1.22. The van der Waals surface area contributed by atoms with Gasteiger partial charge in [-0.05, 0) is 30.9 Å². The fraction of sp³-hybridized carbons (Fsp3) is 0.615. The van der Waals surface area contributed by atoms with Crippen LogP contribution in [0.5, 0.6) is 0 Å². The molecule has 0 saturated carbocycles. The summed E-state index contributed by atoms with van der Waals surface area (Å²) in [5.41, 5.74) is 0. The summed E-state index contributed by atoms with van der Waals surface area (Å²) in [5, 5.41) is 3.04. The molecule has 1 fully saturated rings. The van der Waals surface area contributed by atoms with E-state index in [1.807, 2.05) is 6.92 Å². The van der Waals surface area contributed by atoms with Crippen LogP contribution in [0.1, 0.15) is 19.8 Å². The van der Waals surface area contributed by atoms with E-state index in [-0.39, 0.29) is 10.8 Å². The highest BCUT2D eigenvalue weighted by Gasteiger charge is 2.22. The maximum Gasteiger partial charge on any atom is 0.244 e. The minimum absolute atomic E-state index is 0.201. The average Bonchev–Trinajstić information content (AvgIpc) is 2.97. The molecule has 0 amide bonds. The molecule has 0 spiro atoms. The van der Waals surface area contributed by atoms with E-state index in [1.54, 1.807) is 18.3 Å². The van der Waals surface area contributed by atoms with Gasteiger partial charge in [-0.2, -0.15) is 0 Å². The Morgan fingerprint density at radius 1 is 1.50 bits per heavy atom. The van der Waals surface area contributed by atoms with Crippen LogP contribution in [0.3, 0.4) is 0 Å². The summed E-state index contributed by atoms with van der Waals surface area (Å²) in [7, 11) is -3.54. The van der Waals surface area contributed by atoms with Gasteiger partial charge in [-0.1, -0.05) is 6.92 Å². The Hall–Kier alpha value is -1.18. The Morgan fingerprint density at radius 2 is 2.35 bits per heavy atom. The van der Waals surface area contributed by atoms with Crippen LogP contribution in [-0.4, -0.2) is 39.7 Å². The highest BCUT2D eigenvalue weighted by Crippen LogP contribution is 2.19. The second-order valence-electron chi connectivity index (χ2n) is 4.86. The number of ether oxygens (including phenoxy) is 1. The molecule has 2 heterocycles. The Kier molecular flexibility index (Phi) is 5.33. The summed E-state index contributed by atoms with van der Waals surface area (Å²) in [5.74, 6) is 0.665. The number of aromatic nitrogens is 1. The van der Waals surface area contributed by atoms with Crippen LogP contribution >= 0.6 is 0 Å². The van der Waals surface area contributed by atoms with Crippen molar-refractivity contribution in [1.82, 2.24) is 9.71 Å². The van der Waals surface area contributed by atoms with Crippen molar-refractivity contribution in [1.29, 1.82) is 0 Å². The van der Waals surface area contributed by atoms with Crippen LogP contribution in [-0.2, 0) is 14.8 Å². The van der Waals surface area contributed by atoms with Gasteiger partial charge in [-0.3, -0.25) is 0 Å². The molecule has 0 bridgehead atoms. The molecule has 1 atom stereocenters. The van der Waals surface area contributed by atoms with Gasteiger partial charge >= 0.3 is 0 Å². The van der Waals surface area contributed by atoms with E-state index in [1.165, 1.54) is 0 Å². The molecular weight excluding hydrogens is 278 g/mol. The topological polar surface area (TPSA) is 80.3 Å². The molecule has 0 aromatic carbocycles. The third-order valence-corrected chi connectivity index (χ3v) is 4.64. The van der Waals surface area contributed by atoms with Gasteiger partial charge in [0.15, 0.2) is 0 Å². The Bertz CT molecular complexity index is 527. The maximum absolute atomic E-state index is 12.3. The summed E-state index contributed by atoms with van der Waals surface area (Å²) in [6.45, 7) is 4.45. The molecule has 1 unspecified atom stereocenters. The van der Waals surface area contributed by atoms with E-state index in [9.17, 15) is 8.42 Å². The standard InChI is InChI=1S/C13H21N3O3S/c1-2-6-14-13-12(4-3-7-15-13)20(17,18)16-9-11-5-8-19-10-11/h3-4,7,11,16H,2,5-6,8-10H2,1H3,(H,14,15). The van der Waals surface area contributed by atoms with Crippen molar-refractivity contribution in [2.45, 2.75) is 24.7 Å². The van der Waals surface area contributed by atoms with E-state index in [2.05, 4.69) is 15.0 Å². The third-order valence-electron chi connectivity index (χ3n) is 3.19. The van der Waals surface area contributed by atoms with Crippen molar-refractivity contribution < 1.29 is 13.2 Å². The average molecular weight is 299 g/mol. The van der Waals surface area contributed by atoms with Crippen molar-refractivity contribution >= 4 is 15.8 Å². The lowest BCUT2D eigenvalue weighted by Gasteiger charge is -2.13. The van der Waals surface area contributed by atoms with Crippen LogP contribution < -0.4 is 10.0 Å². The molecule has 0 radical (unpaired) electrons. The second-order valence-corrected chi connectivity index (χ2v) is 6.59. The van der Waals surface area contributed by atoms with Gasteiger partial charge in [0.2, 0.25) is 10.0 Å². The highest BCUT2D eigenvalue weighted by molar-refractivity contribution is 7.89. The largest absolute Gasteiger partial charge is 0.381 e. The molecule has 6 nitrogen and oxygen atoms in total. The highest BCUT2D eigenvalue weighted by atomic mass is 32.2. The first-order chi connectivity index (χ1) is 9.63. The summed E-state index contributed by atoms with van der Waals surface area (Å²) in [4.78, 5) is 4.31. The van der Waals surface area contributed by atoms with E-state index in [0.717, 1.165) is 12.8 Å². The maximum atomic E-state index is 12.3. The minimum atomic E-state index is -3.54. The summed E-state index contributed by atoms with van der Waals surface area (Å²) in [6, 6.07) is 3.20. The number of pyridine rings is 1. The molecular formula is C13H21N3O3S. The van der Waals surface area contributed by atoms with Crippen molar-refractivity contribution in [3.63, 3.8) is 0 Å². The van der Waals surface area contributed by atoms with Crippen LogP contribution in [0, 0.1) is 5.92 Å². The van der Waals surface area contributed by atoms with Gasteiger partial charge in [-0.15, -0.1) is 0 Å². The zero-order valence-electron chi connectivity index (χ0n) is 11.6. The summed E-state index contributed by atoms with van der Waals surface area (Å²) in [6.07, 6.45) is 3.39. The van der Waals surface area contributed by atoms with Crippen LogP contribution in [0.2, 0.25) is 0 Å². The van der Waals surface area contributed by atoms with Crippen molar-refractivity contribution in [2.75, 3.05) is 31.6 Å². The van der Waals surface area contributed by atoms with E-state index in [0.29, 0.717) is 32.1 Å². The number of anilines is 1. The first-order valence-electron chi connectivity index (χ1n) is 6.90. The SMILES string of the molecule is CCCNc1ncccc1S(=O)(=O)NCC1CCOC1. The van der Waals surface area contributed by atoms with Gasteiger partial charge in [0.25, 0.3) is 0 Å². The predicted molar refractivity (Wildman–Crippen MR) is 77.1 cm³/mol. The molecule has 20 heavy (non-hydrogen) atoms. The smallest absolute Gasteiger partial charge is 0.244 e. The lowest BCUT2D eigenvalue weighted by atomic mass is 10.1. The Balaban J connectivity index is 2.07. The molecule has 1 aliphatic rings. The summed E-state index contributed by atoms with van der Waals surface area (Å²) < 4.78 is 32.6. The number of hydrogen-bond donors (Lipinski definition) is 2. The quantitative estimate of drug-likeness (QED) is 0.791. The van der Waals surface area contributed by atoms with E-state index >= 15 is 0 Å². The number of sulfonamides is 1. The molecule has 7 heteroatoms. The minimum Gasteiger partial charge on any atom is -0.381 e. The zero-order chi connectivity index (χ0) is 14.4. The van der Waals surface area contributed by atoms with Gasteiger partial charge in [0.1, 0.15) is 10.7 Å². The molecule has 1 aromatic rings. The van der Waals surface area contributed by atoms with Crippen molar-refractivity contribution in [2.24, 2.45) is 5.92 Å². The molecule has 2 rings (SSSR count). The molecule has 1 saturated heterocycles. The monoisotopic (exact) mass is 299 g/mol. The number of nitrogens with zero attached hydrogens (tertiary/aromatic N) is 1. The lowest BCUT2D eigenvalue weighted by molar-refractivity contribution is 0.186. The van der Waals surface area contributed by atoms with Crippen LogP contribution in [0.4, 0.5) is 5.82 Å².